The minimum Gasteiger partial charge on any atom is -0.412 e. The first-order valence-corrected chi connectivity index (χ1v) is 9.67. The Morgan fingerprint density at radius 3 is 2.37 bits per heavy atom. The second-order valence-electron chi connectivity index (χ2n) is 7.63. The van der Waals surface area contributed by atoms with E-state index in [9.17, 15) is 9.59 Å². The smallest absolute Gasteiger partial charge is 0.227 e. The summed E-state index contributed by atoms with van der Waals surface area (Å²) in [6.45, 7) is 7.83. The third-order valence-electron chi connectivity index (χ3n) is 5.64. The number of likely N-dealkylation sites (tertiary alicyclic amines) is 2. The van der Waals surface area contributed by atoms with Crippen molar-refractivity contribution in [2.24, 2.45) is 0 Å². The highest BCUT2D eigenvalue weighted by Crippen LogP contribution is 2.22. The van der Waals surface area contributed by atoms with Gasteiger partial charge in [-0.1, -0.05) is 18.2 Å². The first-order chi connectivity index (χ1) is 12.0. The molecule has 0 saturated carbocycles. The number of rotatable bonds is 5. The van der Waals surface area contributed by atoms with Crippen LogP contribution in [-0.4, -0.2) is 59.2 Å². The molecular formula is C21H33ClN2O3. The van der Waals surface area contributed by atoms with E-state index in [0.29, 0.717) is 12.5 Å². The van der Waals surface area contributed by atoms with Crippen LogP contribution in [-0.2, 0) is 11.2 Å². The molecule has 0 unspecified atom stereocenters. The first kappa shape index (κ1) is 23.6. The molecule has 5 nitrogen and oxygen atoms in total. The number of piperidine rings is 1. The molecule has 1 aromatic carbocycles. The third-order valence-corrected chi connectivity index (χ3v) is 5.64. The fourth-order valence-corrected chi connectivity index (χ4v) is 4.29. The van der Waals surface area contributed by atoms with E-state index in [-0.39, 0.29) is 29.6 Å². The van der Waals surface area contributed by atoms with Crippen LogP contribution in [0.2, 0.25) is 0 Å². The van der Waals surface area contributed by atoms with Gasteiger partial charge in [-0.05, 0) is 70.2 Å². The number of aryl methyl sites for hydroxylation is 1. The molecule has 2 N–H and O–H groups in total. The Morgan fingerprint density at radius 2 is 1.74 bits per heavy atom. The predicted octanol–water partition coefficient (Wildman–Crippen LogP) is 2.81. The molecule has 3 rings (SSSR count). The van der Waals surface area contributed by atoms with Crippen molar-refractivity contribution in [1.29, 1.82) is 0 Å². The maximum atomic E-state index is 12.9. The van der Waals surface area contributed by atoms with E-state index in [1.165, 1.54) is 32.4 Å². The van der Waals surface area contributed by atoms with Crippen molar-refractivity contribution >= 4 is 24.1 Å². The summed E-state index contributed by atoms with van der Waals surface area (Å²) >= 11 is 0. The lowest BCUT2D eigenvalue weighted by molar-refractivity contribution is -0.134. The SMILES string of the molecule is CC(=O)c1ccc(CC(=O)N2CCCC[C@H]2CN2CCCC2)cc1C.Cl.O. The van der Waals surface area contributed by atoms with E-state index >= 15 is 0 Å². The molecule has 1 aromatic rings. The lowest BCUT2D eigenvalue weighted by atomic mass is 9.98. The molecule has 0 bridgehead atoms. The van der Waals surface area contributed by atoms with Crippen LogP contribution in [0.25, 0.3) is 0 Å². The van der Waals surface area contributed by atoms with Gasteiger partial charge in [0.05, 0.1) is 6.42 Å². The van der Waals surface area contributed by atoms with E-state index in [1.54, 1.807) is 6.92 Å². The van der Waals surface area contributed by atoms with Crippen LogP contribution >= 0.6 is 12.4 Å². The normalized spacial score (nSPS) is 19.9. The van der Waals surface area contributed by atoms with Crippen LogP contribution in [0.3, 0.4) is 0 Å². The molecule has 2 aliphatic heterocycles. The van der Waals surface area contributed by atoms with Crippen molar-refractivity contribution in [3.05, 3.63) is 34.9 Å². The zero-order valence-corrected chi connectivity index (χ0v) is 17.3. The summed E-state index contributed by atoms with van der Waals surface area (Å²) < 4.78 is 0. The van der Waals surface area contributed by atoms with Gasteiger partial charge in [-0.15, -0.1) is 12.4 Å². The van der Waals surface area contributed by atoms with Crippen molar-refractivity contribution < 1.29 is 15.1 Å². The molecule has 2 fully saturated rings. The number of nitrogens with zero attached hydrogens (tertiary/aromatic N) is 2. The van der Waals surface area contributed by atoms with Crippen molar-refractivity contribution in [1.82, 2.24) is 9.80 Å². The number of carbonyl (C=O) groups excluding carboxylic acids is 2. The van der Waals surface area contributed by atoms with Gasteiger partial charge in [0.25, 0.3) is 0 Å². The van der Waals surface area contributed by atoms with E-state index < -0.39 is 0 Å². The van der Waals surface area contributed by atoms with Gasteiger partial charge in [-0.2, -0.15) is 0 Å². The average Bonchev–Trinajstić information content (AvgIpc) is 3.08. The van der Waals surface area contributed by atoms with Gasteiger partial charge in [-0.3, -0.25) is 9.59 Å². The topological polar surface area (TPSA) is 72.1 Å². The van der Waals surface area contributed by atoms with Crippen molar-refractivity contribution in [2.45, 2.75) is 58.4 Å². The van der Waals surface area contributed by atoms with Crippen molar-refractivity contribution in [2.75, 3.05) is 26.2 Å². The number of benzene rings is 1. The fourth-order valence-electron chi connectivity index (χ4n) is 4.29. The summed E-state index contributed by atoms with van der Waals surface area (Å²) in [6.07, 6.45) is 6.50. The molecule has 1 amide bonds. The van der Waals surface area contributed by atoms with Crippen LogP contribution in [0, 0.1) is 6.92 Å². The first-order valence-electron chi connectivity index (χ1n) is 9.67. The number of carbonyl (C=O) groups is 2. The summed E-state index contributed by atoms with van der Waals surface area (Å²) in [6, 6.07) is 6.16. The largest absolute Gasteiger partial charge is 0.412 e. The molecule has 2 aliphatic rings. The molecule has 0 aromatic heterocycles. The van der Waals surface area contributed by atoms with Crippen LogP contribution in [0.1, 0.15) is 60.5 Å². The molecule has 0 spiro atoms. The molecule has 1 atom stereocenters. The molecular weight excluding hydrogens is 364 g/mol. The maximum absolute atomic E-state index is 12.9. The number of hydrogen-bond donors (Lipinski definition) is 0. The Balaban J connectivity index is 0.00000182. The highest BCUT2D eigenvalue weighted by molar-refractivity contribution is 5.95. The molecule has 0 radical (unpaired) electrons. The van der Waals surface area contributed by atoms with Crippen LogP contribution < -0.4 is 0 Å². The Hall–Kier alpha value is -1.43. The molecule has 0 aliphatic carbocycles. The van der Waals surface area contributed by atoms with Crippen LogP contribution in [0.15, 0.2) is 18.2 Å². The highest BCUT2D eigenvalue weighted by Gasteiger charge is 2.29. The Labute approximate surface area is 168 Å². The number of hydrogen-bond acceptors (Lipinski definition) is 3. The maximum Gasteiger partial charge on any atom is 0.227 e. The molecule has 152 valence electrons. The van der Waals surface area contributed by atoms with Gasteiger partial charge in [-0.25, -0.2) is 0 Å². The zero-order valence-electron chi connectivity index (χ0n) is 16.5. The summed E-state index contributed by atoms with van der Waals surface area (Å²) in [7, 11) is 0. The standard InChI is InChI=1S/C21H30N2O2.ClH.H2O/c1-16-13-18(8-9-20(16)17(2)24)14-21(25)23-12-4-3-7-19(23)15-22-10-5-6-11-22;;/h8-9,13,19H,3-7,10-12,14-15H2,1-2H3;1H;1H2/t19-;;/m0../s1. The third kappa shape index (κ3) is 6.03. The predicted molar refractivity (Wildman–Crippen MR) is 111 cm³/mol. The summed E-state index contributed by atoms with van der Waals surface area (Å²) in [5.74, 6) is 0.316. The Morgan fingerprint density at radius 1 is 1.07 bits per heavy atom. The lowest BCUT2D eigenvalue weighted by Gasteiger charge is -2.38. The number of amides is 1. The highest BCUT2D eigenvalue weighted by atomic mass is 35.5. The van der Waals surface area contributed by atoms with E-state index in [4.69, 9.17) is 0 Å². The quantitative estimate of drug-likeness (QED) is 0.718. The molecule has 27 heavy (non-hydrogen) atoms. The average molecular weight is 397 g/mol. The number of Topliss-reactive ketones (excluding diaryl/α,β-unsaturated/α-hetero) is 1. The van der Waals surface area contributed by atoms with Crippen LogP contribution in [0.4, 0.5) is 0 Å². The second-order valence-corrected chi connectivity index (χ2v) is 7.63. The van der Waals surface area contributed by atoms with Gasteiger partial charge in [0.15, 0.2) is 5.78 Å². The van der Waals surface area contributed by atoms with Gasteiger partial charge < -0.3 is 15.3 Å². The Bertz CT molecular complexity index is 644. The minimum absolute atomic E-state index is 0. The zero-order chi connectivity index (χ0) is 17.8. The van der Waals surface area contributed by atoms with Crippen LogP contribution in [0.5, 0.6) is 0 Å². The number of ketones is 1. The van der Waals surface area contributed by atoms with E-state index in [2.05, 4.69) is 9.80 Å². The summed E-state index contributed by atoms with van der Waals surface area (Å²) in [5.41, 5.74) is 2.73. The van der Waals surface area contributed by atoms with Crippen molar-refractivity contribution in [3.63, 3.8) is 0 Å². The summed E-state index contributed by atoms with van der Waals surface area (Å²) in [4.78, 5) is 29.1. The monoisotopic (exact) mass is 396 g/mol. The lowest BCUT2D eigenvalue weighted by Crippen LogP contribution is -2.49. The molecule has 2 saturated heterocycles. The number of halogens is 1. The minimum atomic E-state index is 0. The molecule has 6 heteroatoms. The fraction of sp³-hybridized carbons (Fsp3) is 0.619. The van der Waals surface area contributed by atoms with Crippen molar-refractivity contribution in [3.8, 4) is 0 Å². The summed E-state index contributed by atoms with van der Waals surface area (Å²) in [5, 5.41) is 0. The van der Waals surface area contributed by atoms with E-state index in [0.717, 1.165) is 42.6 Å². The molecule has 2 heterocycles. The Kier molecular flexibility index (Phi) is 9.43. The van der Waals surface area contributed by atoms with Gasteiger partial charge in [0.1, 0.15) is 0 Å². The second kappa shape index (κ2) is 10.8. The van der Waals surface area contributed by atoms with Gasteiger partial charge >= 0.3 is 0 Å². The van der Waals surface area contributed by atoms with Gasteiger partial charge in [0.2, 0.25) is 5.91 Å². The van der Waals surface area contributed by atoms with Gasteiger partial charge in [0, 0.05) is 24.7 Å². The van der Waals surface area contributed by atoms with E-state index in [1.807, 2.05) is 25.1 Å².